The first-order valence-electron chi connectivity index (χ1n) is 2.64. The second-order valence-corrected chi connectivity index (χ2v) is 3.83. The monoisotopic (exact) mass is 264 g/mol. The van der Waals surface area contributed by atoms with E-state index in [1.54, 1.807) is 0 Å². The van der Waals surface area contributed by atoms with Gasteiger partial charge in [-0.1, -0.05) is 58.0 Å². The molecule has 1 heterocycles. The molecule has 66 valence electrons. The van der Waals surface area contributed by atoms with Crippen LogP contribution < -0.4 is 0 Å². The highest BCUT2D eigenvalue weighted by Gasteiger charge is 2.10. The largest absolute Gasteiger partial charge is 0.327 e. The van der Waals surface area contributed by atoms with Gasteiger partial charge in [0.2, 0.25) is 0 Å². The fourth-order valence-corrected chi connectivity index (χ4v) is 1.06. The van der Waals surface area contributed by atoms with Crippen molar-refractivity contribution in [3.63, 3.8) is 0 Å². The van der Waals surface area contributed by atoms with Gasteiger partial charge >= 0.3 is 0 Å². The van der Waals surface area contributed by atoms with E-state index in [1.165, 1.54) is 0 Å². The summed E-state index contributed by atoms with van der Waals surface area (Å²) in [6, 6.07) is 0. The van der Waals surface area contributed by atoms with Crippen molar-refractivity contribution in [2.45, 2.75) is 0 Å². The molecule has 0 bridgehead atoms. The van der Waals surface area contributed by atoms with Crippen LogP contribution in [0.4, 0.5) is 0 Å². The molecule has 7 heteroatoms. The first-order chi connectivity index (χ1) is 5.52. The molecule has 0 fully saturated rings. The molecule has 0 saturated carbocycles. The van der Waals surface area contributed by atoms with Gasteiger partial charge in [-0.05, 0) is 0 Å². The Morgan fingerprint density at radius 3 is 2.08 bits per heavy atom. The fourth-order valence-electron chi connectivity index (χ4n) is 0.524. The Hall–Kier alpha value is 0.400. The number of hydrogen-bond donors (Lipinski definition) is 1. The zero-order valence-electron chi connectivity index (χ0n) is 5.34. The molecule has 2 nitrogen and oxygen atoms in total. The van der Waals surface area contributed by atoms with Gasteiger partial charge in [-0.3, -0.25) is 0 Å². The van der Waals surface area contributed by atoms with E-state index in [0.29, 0.717) is 0 Å². The molecule has 0 atom stereocenters. The van der Waals surface area contributed by atoms with Gasteiger partial charge in [0.05, 0.1) is 0 Å². The molecular formula is C5HCl5N2. The van der Waals surface area contributed by atoms with E-state index >= 15 is 0 Å². The Balaban J connectivity index is 3.14. The van der Waals surface area contributed by atoms with Crippen LogP contribution in [0.25, 0.3) is 5.03 Å². The minimum Gasteiger partial charge on any atom is -0.327 e. The van der Waals surface area contributed by atoms with Crippen LogP contribution in [0.5, 0.6) is 0 Å². The van der Waals surface area contributed by atoms with E-state index in [0.717, 1.165) is 0 Å². The fraction of sp³-hybridized carbons (Fsp3) is 0. The molecule has 1 N–H and O–H groups in total. The molecule has 0 aromatic carbocycles. The van der Waals surface area contributed by atoms with E-state index in [2.05, 4.69) is 9.97 Å². The van der Waals surface area contributed by atoms with Crippen LogP contribution in [-0.4, -0.2) is 9.97 Å². The van der Waals surface area contributed by atoms with Crippen molar-refractivity contribution in [1.29, 1.82) is 0 Å². The molecule has 0 aliphatic carbocycles. The average molecular weight is 266 g/mol. The van der Waals surface area contributed by atoms with Gasteiger partial charge < -0.3 is 4.98 Å². The third-order valence-corrected chi connectivity index (χ3v) is 2.58. The summed E-state index contributed by atoms with van der Waals surface area (Å²) in [6.07, 6.45) is 0. The summed E-state index contributed by atoms with van der Waals surface area (Å²) >= 11 is 27.5. The van der Waals surface area contributed by atoms with Crippen LogP contribution in [0.1, 0.15) is 5.82 Å². The van der Waals surface area contributed by atoms with Gasteiger partial charge in [-0.25, -0.2) is 4.98 Å². The number of hydrogen-bond acceptors (Lipinski definition) is 1. The summed E-state index contributed by atoms with van der Waals surface area (Å²) in [7, 11) is 0. The lowest BCUT2D eigenvalue weighted by molar-refractivity contribution is 1.26. The number of imidazole rings is 1. The predicted octanol–water partition coefficient (Wildman–Crippen LogP) is 4.06. The second kappa shape index (κ2) is 4.07. The molecule has 0 spiro atoms. The number of aromatic nitrogens is 2. The number of aromatic amines is 1. The average Bonchev–Trinajstić information content (AvgIpc) is 2.30. The number of nitrogens with one attached hydrogen (secondary N) is 1. The highest BCUT2D eigenvalue weighted by molar-refractivity contribution is 6.66. The van der Waals surface area contributed by atoms with E-state index in [1.807, 2.05) is 0 Å². The topological polar surface area (TPSA) is 28.7 Å². The van der Waals surface area contributed by atoms with Crippen molar-refractivity contribution >= 4 is 63.0 Å². The SMILES string of the molecule is ClC(Cl)=C(Cl)c1nc(Cl)c(Cl)[nH]1. The smallest absolute Gasteiger partial charge is 0.166 e. The first kappa shape index (κ1) is 10.5. The maximum absolute atomic E-state index is 5.63. The van der Waals surface area contributed by atoms with Gasteiger partial charge in [0.25, 0.3) is 0 Å². The third kappa shape index (κ3) is 2.21. The normalized spacial score (nSPS) is 10.1. The molecule has 0 radical (unpaired) electrons. The molecular weight excluding hydrogens is 265 g/mol. The molecule has 0 unspecified atom stereocenters. The quantitative estimate of drug-likeness (QED) is 0.816. The van der Waals surface area contributed by atoms with Crippen molar-refractivity contribution in [1.82, 2.24) is 9.97 Å². The zero-order chi connectivity index (χ0) is 9.30. The number of nitrogens with zero attached hydrogens (tertiary/aromatic N) is 1. The Bertz CT molecular complexity index is 305. The van der Waals surface area contributed by atoms with Crippen molar-refractivity contribution in [2.75, 3.05) is 0 Å². The van der Waals surface area contributed by atoms with Gasteiger partial charge in [0.1, 0.15) is 14.7 Å². The summed E-state index contributed by atoms with van der Waals surface area (Å²) in [5.74, 6) is 0.242. The Kier molecular flexibility index (Phi) is 3.56. The molecule has 1 aromatic heterocycles. The molecule has 1 rings (SSSR count). The van der Waals surface area contributed by atoms with Crippen molar-refractivity contribution in [3.8, 4) is 0 Å². The minimum absolute atomic E-state index is 0.0760. The molecule has 0 amide bonds. The Labute approximate surface area is 93.4 Å². The number of halogens is 5. The molecule has 12 heavy (non-hydrogen) atoms. The maximum atomic E-state index is 5.63. The van der Waals surface area contributed by atoms with Crippen LogP contribution in [0.15, 0.2) is 4.49 Å². The van der Waals surface area contributed by atoms with Crippen molar-refractivity contribution in [2.24, 2.45) is 0 Å². The first-order valence-corrected chi connectivity index (χ1v) is 4.53. The number of H-pyrrole nitrogens is 1. The summed E-state index contributed by atoms with van der Waals surface area (Å²) in [4.78, 5) is 6.34. The molecule has 0 aliphatic heterocycles. The lowest BCUT2D eigenvalue weighted by Gasteiger charge is -1.90. The summed E-state index contributed by atoms with van der Waals surface area (Å²) < 4.78 is -0.0984. The van der Waals surface area contributed by atoms with E-state index < -0.39 is 0 Å². The zero-order valence-corrected chi connectivity index (χ0v) is 9.12. The van der Waals surface area contributed by atoms with Crippen molar-refractivity contribution < 1.29 is 0 Å². The van der Waals surface area contributed by atoms with Gasteiger partial charge in [0.15, 0.2) is 11.0 Å². The van der Waals surface area contributed by atoms with E-state index in [9.17, 15) is 0 Å². The lowest BCUT2D eigenvalue weighted by Crippen LogP contribution is -1.79. The Morgan fingerprint density at radius 1 is 1.17 bits per heavy atom. The van der Waals surface area contributed by atoms with Crippen LogP contribution in [0.3, 0.4) is 0 Å². The summed E-state index contributed by atoms with van der Waals surface area (Å²) in [6.45, 7) is 0. The van der Waals surface area contributed by atoms with Gasteiger partial charge in [-0.2, -0.15) is 0 Å². The van der Waals surface area contributed by atoms with Crippen LogP contribution in [0, 0.1) is 0 Å². The van der Waals surface area contributed by atoms with Crippen molar-refractivity contribution in [3.05, 3.63) is 20.6 Å². The third-order valence-electron chi connectivity index (χ3n) is 0.993. The van der Waals surface area contributed by atoms with Crippen LogP contribution in [0.2, 0.25) is 10.3 Å². The van der Waals surface area contributed by atoms with E-state index in [4.69, 9.17) is 58.0 Å². The highest BCUT2D eigenvalue weighted by atomic mass is 35.5. The predicted molar refractivity (Wildman–Crippen MR) is 53.1 cm³/mol. The second-order valence-electron chi connectivity index (χ2n) is 1.76. The van der Waals surface area contributed by atoms with Crippen LogP contribution in [-0.2, 0) is 0 Å². The summed E-state index contributed by atoms with van der Waals surface area (Å²) in [5.41, 5.74) is 0. The molecule has 0 aliphatic rings. The lowest BCUT2D eigenvalue weighted by atomic mass is 10.6. The summed E-state index contributed by atoms with van der Waals surface area (Å²) in [5, 5.41) is 0.394. The van der Waals surface area contributed by atoms with Gasteiger partial charge in [0, 0.05) is 0 Å². The Morgan fingerprint density at radius 2 is 1.75 bits per heavy atom. The maximum Gasteiger partial charge on any atom is 0.166 e. The highest BCUT2D eigenvalue weighted by Crippen LogP contribution is 2.29. The minimum atomic E-state index is -0.0984. The molecule has 0 saturated heterocycles. The van der Waals surface area contributed by atoms with Crippen LogP contribution >= 0.6 is 58.0 Å². The number of rotatable bonds is 1. The molecule has 1 aromatic rings. The standard InChI is InChI=1S/C5HCl5N2/c6-1(2(7)8)5-11-3(9)4(10)12-5/h(H,11,12). The van der Waals surface area contributed by atoms with Gasteiger partial charge in [-0.15, -0.1) is 0 Å². The van der Waals surface area contributed by atoms with E-state index in [-0.39, 0.29) is 25.7 Å².